The molecule has 0 fully saturated rings. The number of benzene rings is 1. The van der Waals surface area contributed by atoms with Crippen LogP contribution in [0.4, 0.5) is 0 Å². The van der Waals surface area contributed by atoms with Crippen LogP contribution < -0.4 is 5.73 Å². The lowest BCUT2D eigenvalue weighted by Gasteiger charge is -2.35. The Hall–Kier alpha value is -2.17. The average molecular weight is 334 g/mol. The van der Waals surface area contributed by atoms with E-state index in [0.29, 0.717) is 6.54 Å². The van der Waals surface area contributed by atoms with Gasteiger partial charge in [-0.15, -0.1) is 0 Å². The van der Waals surface area contributed by atoms with Crippen molar-refractivity contribution in [3.63, 3.8) is 0 Å². The molecule has 0 saturated heterocycles. The highest BCUT2D eigenvalue weighted by Gasteiger charge is 2.34. The molecule has 0 saturated carbocycles. The number of pyridine rings is 1. The van der Waals surface area contributed by atoms with E-state index in [-0.39, 0.29) is 5.54 Å². The third-order valence-corrected chi connectivity index (χ3v) is 5.69. The van der Waals surface area contributed by atoms with Gasteiger partial charge in [0.1, 0.15) is 0 Å². The van der Waals surface area contributed by atoms with Crippen molar-refractivity contribution in [3.8, 4) is 0 Å². The molecule has 130 valence electrons. The zero-order valence-electron chi connectivity index (χ0n) is 15.3. The van der Waals surface area contributed by atoms with Crippen LogP contribution in [0.3, 0.4) is 0 Å². The van der Waals surface area contributed by atoms with Gasteiger partial charge in [-0.05, 0) is 56.3 Å². The maximum atomic E-state index is 6.36. The third kappa shape index (κ3) is 2.48. The quantitative estimate of drug-likeness (QED) is 0.801. The summed E-state index contributed by atoms with van der Waals surface area (Å²) in [5.41, 5.74) is 12.8. The van der Waals surface area contributed by atoms with Crippen LogP contribution in [-0.4, -0.2) is 34.6 Å². The molecule has 1 aliphatic rings. The first-order valence-electron chi connectivity index (χ1n) is 8.97. The number of aromatic nitrogens is 2. The van der Waals surface area contributed by atoms with Gasteiger partial charge in [-0.25, -0.2) is 0 Å². The first-order valence-corrected chi connectivity index (χ1v) is 8.97. The molecule has 0 amide bonds. The summed E-state index contributed by atoms with van der Waals surface area (Å²) in [5.74, 6) is 0. The molecule has 4 rings (SSSR count). The Bertz CT molecular complexity index is 913. The fourth-order valence-corrected chi connectivity index (χ4v) is 4.22. The first kappa shape index (κ1) is 16.3. The predicted molar refractivity (Wildman–Crippen MR) is 103 cm³/mol. The summed E-state index contributed by atoms with van der Waals surface area (Å²) >= 11 is 0. The number of rotatable bonds is 3. The van der Waals surface area contributed by atoms with Crippen molar-refractivity contribution >= 4 is 10.9 Å². The fourth-order valence-electron chi connectivity index (χ4n) is 4.22. The van der Waals surface area contributed by atoms with Gasteiger partial charge in [-0.3, -0.25) is 4.98 Å². The van der Waals surface area contributed by atoms with Gasteiger partial charge in [-0.1, -0.05) is 11.6 Å². The maximum Gasteiger partial charge on any atom is 0.0794 e. The Balaban J connectivity index is 2.04. The molecule has 3 aromatic rings. The van der Waals surface area contributed by atoms with Crippen LogP contribution in [0.1, 0.15) is 29.3 Å². The van der Waals surface area contributed by atoms with E-state index in [9.17, 15) is 0 Å². The van der Waals surface area contributed by atoms with Gasteiger partial charge < -0.3 is 15.2 Å². The molecule has 0 radical (unpaired) electrons. The van der Waals surface area contributed by atoms with Crippen LogP contribution in [0.25, 0.3) is 10.9 Å². The highest BCUT2D eigenvalue weighted by molar-refractivity contribution is 5.87. The zero-order valence-corrected chi connectivity index (χ0v) is 15.3. The normalized spacial score (nSPS) is 17.4. The Morgan fingerprint density at radius 1 is 1.20 bits per heavy atom. The second-order valence-corrected chi connectivity index (χ2v) is 7.48. The van der Waals surface area contributed by atoms with Gasteiger partial charge in [-0.2, -0.15) is 0 Å². The zero-order chi connectivity index (χ0) is 17.6. The highest BCUT2D eigenvalue weighted by Crippen LogP contribution is 2.38. The Kier molecular flexibility index (Phi) is 3.89. The SMILES string of the molecule is Cc1ccc2c(c1)c1c(n2C(C)(CN)c2ccncc2)CCN(C)C1. The summed E-state index contributed by atoms with van der Waals surface area (Å²) in [6.07, 6.45) is 4.78. The number of nitrogens with two attached hydrogens (primary N) is 1. The number of hydrogen-bond donors (Lipinski definition) is 1. The molecule has 1 unspecified atom stereocenters. The minimum Gasteiger partial charge on any atom is -0.333 e. The molecule has 3 heterocycles. The smallest absolute Gasteiger partial charge is 0.0794 e. The van der Waals surface area contributed by atoms with Crippen LogP contribution >= 0.6 is 0 Å². The van der Waals surface area contributed by atoms with Crippen LogP contribution in [0.15, 0.2) is 42.7 Å². The molecule has 4 nitrogen and oxygen atoms in total. The second-order valence-electron chi connectivity index (χ2n) is 7.48. The summed E-state index contributed by atoms with van der Waals surface area (Å²) in [5, 5.41) is 1.37. The van der Waals surface area contributed by atoms with Crippen molar-refractivity contribution in [1.29, 1.82) is 0 Å². The van der Waals surface area contributed by atoms with Crippen molar-refractivity contribution in [2.75, 3.05) is 20.1 Å². The van der Waals surface area contributed by atoms with E-state index in [1.807, 2.05) is 12.4 Å². The topological polar surface area (TPSA) is 47.1 Å². The number of fused-ring (bicyclic) bond motifs is 3. The Morgan fingerprint density at radius 3 is 2.68 bits per heavy atom. The van der Waals surface area contributed by atoms with Crippen molar-refractivity contribution in [2.45, 2.75) is 32.4 Å². The summed E-state index contributed by atoms with van der Waals surface area (Å²) in [6, 6.07) is 11.0. The van der Waals surface area contributed by atoms with E-state index in [1.165, 1.54) is 33.3 Å². The first-order chi connectivity index (χ1) is 12.0. The Morgan fingerprint density at radius 2 is 1.96 bits per heavy atom. The van der Waals surface area contributed by atoms with Crippen LogP contribution in [0.2, 0.25) is 0 Å². The van der Waals surface area contributed by atoms with E-state index >= 15 is 0 Å². The maximum absolute atomic E-state index is 6.36. The molecule has 2 N–H and O–H groups in total. The number of likely N-dealkylation sites (N-methyl/N-ethyl adjacent to an activating group) is 1. The molecule has 0 spiro atoms. The highest BCUT2D eigenvalue weighted by atomic mass is 15.1. The van der Waals surface area contributed by atoms with Gasteiger partial charge in [0.2, 0.25) is 0 Å². The van der Waals surface area contributed by atoms with E-state index in [4.69, 9.17) is 5.73 Å². The van der Waals surface area contributed by atoms with E-state index in [2.05, 4.69) is 65.7 Å². The molecule has 0 aliphatic carbocycles. The van der Waals surface area contributed by atoms with Crippen molar-refractivity contribution in [1.82, 2.24) is 14.5 Å². The number of nitrogens with zero attached hydrogens (tertiary/aromatic N) is 3. The Labute approximate surface area is 149 Å². The van der Waals surface area contributed by atoms with E-state index in [1.54, 1.807) is 0 Å². The van der Waals surface area contributed by atoms with Gasteiger partial charge in [0.15, 0.2) is 0 Å². The minimum atomic E-state index is -0.278. The lowest BCUT2D eigenvalue weighted by molar-refractivity contribution is 0.300. The summed E-state index contributed by atoms with van der Waals surface area (Å²) in [4.78, 5) is 6.59. The van der Waals surface area contributed by atoms with E-state index in [0.717, 1.165) is 19.5 Å². The number of hydrogen-bond acceptors (Lipinski definition) is 3. The van der Waals surface area contributed by atoms with Gasteiger partial charge in [0.25, 0.3) is 0 Å². The summed E-state index contributed by atoms with van der Waals surface area (Å²) in [6.45, 7) is 7.05. The molecule has 1 atom stereocenters. The molecule has 0 bridgehead atoms. The minimum absolute atomic E-state index is 0.278. The van der Waals surface area contributed by atoms with Gasteiger partial charge in [0.05, 0.1) is 5.54 Å². The van der Waals surface area contributed by atoms with Crippen LogP contribution in [0.5, 0.6) is 0 Å². The molecule has 2 aromatic heterocycles. The average Bonchev–Trinajstić information content (AvgIpc) is 2.95. The van der Waals surface area contributed by atoms with Gasteiger partial charge >= 0.3 is 0 Å². The van der Waals surface area contributed by atoms with Crippen molar-refractivity contribution in [3.05, 3.63) is 65.1 Å². The lowest BCUT2D eigenvalue weighted by Crippen LogP contribution is -2.41. The molecule has 4 heteroatoms. The molecular weight excluding hydrogens is 308 g/mol. The standard InChI is InChI=1S/C21H26N4/c1-15-4-5-19-17(12-15)18-13-24(3)11-8-20(18)25(19)21(2,14-22)16-6-9-23-10-7-16/h4-7,9-10,12H,8,11,13-14,22H2,1-3H3. The molecule has 1 aliphatic heterocycles. The van der Waals surface area contributed by atoms with Crippen LogP contribution in [-0.2, 0) is 18.5 Å². The van der Waals surface area contributed by atoms with Crippen molar-refractivity contribution in [2.24, 2.45) is 5.73 Å². The molecule has 1 aromatic carbocycles. The van der Waals surface area contributed by atoms with Crippen molar-refractivity contribution < 1.29 is 0 Å². The molecular formula is C21H26N4. The number of aryl methyl sites for hydroxylation is 1. The van der Waals surface area contributed by atoms with Crippen LogP contribution in [0, 0.1) is 6.92 Å². The summed E-state index contributed by atoms with van der Waals surface area (Å²) < 4.78 is 2.50. The van der Waals surface area contributed by atoms with E-state index < -0.39 is 0 Å². The second kappa shape index (κ2) is 5.97. The largest absolute Gasteiger partial charge is 0.333 e. The fraction of sp³-hybridized carbons (Fsp3) is 0.381. The summed E-state index contributed by atoms with van der Waals surface area (Å²) in [7, 11) is 2.20. The molecule has 25 heavy (non-hydrogen) atoms. The van der Waals surface area contributed by atoms with Gasteiger partial charge in [0, 0.05) is 55.0 Å². The lowest BCUT2D eigenvalue weighted by atomic mass is 9.91. The monoisotopic (exact) mass is 334 g/mol. The predicted octanol–water partition coefficient (Wildman–Crippen LogP) is 3.05. The third-order valence-electron chi connectivity index (χ3n) is 5.69.